The number of thiophene rings is 1. The van der Waals surface area contributed by atoms with Gasteiger partial charge in [-0.2, -0.15) is 11.3 Å². The average Bonchev–Trinajstić information content (AvgIpc) is 2.86. The van der Waals surface area contributed by atoms with Gasteiger partial charge in [0.15, 0.2) is 0 Å². The standard InChI is InChI=1S/C11H15N3S/c1-9(6-10-2-5-15-8-10)14-7-11-12-3-4-13-11/h2-5,8-9,14H,6-7H2,1H3,(H,12,13). The van der Waals surface area contributed by atoms with Crippen LogP contribution in [0.2, 0.25) is 0 Å². The molecule has 2 aromatic heterocycles. The highest BCUT2D eigenvalue weighted by Gasteiger charge is 2.03. The van der Waals surface area contributed by atoms with Crippen molar-refractivity contribution in [1.82, 2.24) is 15.3 Å². The number of nitrogens with one attached hydrogen (secondary N) is 2. The molecule has 0 bridgehead atoms. The second kappa shape index (κ2) is 5.09. The van der Waals surface area contributed by atoms with Crippen molar-refractivity contribution >= 4 is 11.3 Å². The molecular weight excluding hydrogens is 206 g/mol. The first-order valence-corrected chi connectivity index (χ1v) is 6.01. The summed E-state index contributed by atoms with van der Waals surface area (Å²) >= 11 is 1.75. The summed E-state index contributed by atoms with van der Waals surface area (Å²) in [6, 6.07) is 2.65. The minimum Gasteiger partial charge on any atom is -0.348 e. The molecule has 3 nitrogen and oxygen atoms in total. The van der Waals surface area contributed by atoms with Gasteiger partial charge in [-0.3, -0.25) is 0 Å². The SMILES string of the molecule is CC(Cc1ccsc1)NCc1ncc[nH]1. The van der Waals surface area contributed by atoms with Gasteiger partial charge in [-0.05, 0) is 35.7 Å². The Kier molecular flexibility index (Phi) is 3.53. The molecule has 0 spiro atoms. The van der Waals surface area contributed by atoms with Crippen LogP contribution in [0.4, 0.5) is 0 Å². The summed E-state index contributed by atoms with van der Waals surface area (Å²) in [5, 5.41) is 7.75. The van der Waals surface area contributed by atoms with E-state index in [1.807, 2.05) is 6.20 Å². The van der Waals surface area contributed by atoms with Gasteiger partial charge in [0.25, 0.3) is 0 Å². The Morgan fingerprint density at radius 2 is 2.53 bits per heavy atom. The van der Waals surface area contributed by atoms with Crippen molar-refractivity contribution in [2.45, 2.75) is 25.9 Å². The van der Waals surface area contributed by atoms with Crippen LogP contribution in [0.1, 0.15) is 18.3 Å². The second-order valence-electron chi connectivity index (χ2n) is 3.65. The number of imidazole rings is 1. The van der Waals surface area contributed by atoms with Crippen molar-refractivity contribution in [3.8, 4) is 0 Å². The summed E-state index contributed by atoms with van der Waals surface area (Å²) in [6.45, 7) is 3.00. The third kappa shape index (κ3) is 3.18. The molecule has 0 saturated heterocycles. The lowest BCUT2D eigenvalue weighted by Crippen LogP contribution is -2.27. The fourth-order valence-electron chi connectivity index (χ4n) is 1.50. The fourth-order valence-corrected chi connectivity index (χ4v) is 2.18. The summed E-state index contributed by atoms with van der Waals surface area (Å²) in [6.07, 6.45) is 4.70. The summed E-state index contributed by atoms with van der Waals surface area (Å²) in [7, 11) is 0. The van der Waals surface area contributed by atoms with Crippen molar-refractivity contribution in [1.29, 1.82) is 0 Å². The van der Waals surface area contributed by atoms with Crippen LogP contribution < -0.4 is 5.32 Å². The molecule has 0 aliphatic carbocycles. The van der Waals surface area contributed by atoms with Gasteiger partial charge in [0, 0.05) is 18.4 Å². The fraction of sp³-hybridized carbons (Fsp3) is 0.364. The molecule has 0 aliphatic rings. The minimum atomic E-state index is 0.477. The molecule has 2 aromatic rings. The van der Waals surface area contributed by atoms with E-state index in [-0.39, 0.29) is 0 Å². The van der Waals surface area contributed by atoms with Crippen LogP contribution in [0, 0.1) is 0 Å². The van der Waals surface area contributed by atoms with Crippen molar-refractivity contribution in [3.05, 3.63) is 40.6 Å². The van der Waals surface area contributed by atoms with E-state index in [0.717, 1.165) is 18.8 Å². The van der Waals surface area contributed by atoms with Crippen LogP contribution in [0.25, 0.3) is 0 Å². The topological polar surface area (TPSA) is 40.7 Å². The van der Waals surface area contributed by atoms with Gasteiger partial charge in [-0.15, -0.1) is 0 Å². The van der Waals surface area contributed by atoms with Gasteiger partial charge >= 0.3 is 0 Å². The van der Waals surface area contributed by atoms with E-state index < -0.39 is 0 Å². The molecule has 2 heterocycles. The highest BCUT2D eigenvalue weighted by molar-refractivity contribution is 7.07. The first-order chi connectivity index (χ1) is 7.34. The predicted octanol–water partition coefficient (Wildman–Crippen LogP) is 2.19. The highest BCUT2D eigenvalue weighted by Crippen LogP contribution is 2.08. The molecule has 0 saturated carbocycles. The molecule has 4 heteroatoms. The molecule has 1 atom stereocenters. The summed E-state index contributed by atoms with van der Waals surface area (Å²) < 4.78 is 0. The number of hydrogen-bond donors (Lipinski definition) is 2. The first kappa shape index (κ1) is 10.4. The van der Waals surface area contributed by atoms with Crippen LogP contribution >= 0.6 is 11.3 Å². The van der Waals surface area contributed by atoms with Crippen LogP contribution in [0.15, 0.2) is 29.2 Å². The molecule has 1 unspecified atom stereocenters. The van der Waals surface area contributed by atoms with E-state index in [9.17, 15) is 0 Å². The zero-order chi connectivity index (χ0) is 10.5. The van der Waals surface area contributed by atoms with Gasteiger partial charge in [0.05, 0.1) is 6.54 Å². The molecule has 0 fully saturated rings. The number of rotatable bonds is 5. The predicted molar refractivity (Wildman–Crippen MR) is 62.9 cm³/mol. The van der Waals surface area contributed by atoms with E-state index >= 15 is 0 Å². The highest BCUT2D eigenvalue weighted by atomic mass is 32.1. The summed E-state index contributed by atoms with van der Waals surface area (Å²) in [5.74, 6) is 0.993. The number of H-pyrrole nitrogens is 1. The third-order valence-corrected chi connectivity index (χ3v) is 3.03. The van der Waals surface area contributed by atoms with Crippen molar-refractivity contribution in [3.63, 3.8) is 0 Å². The van der Waals surface area contributed by atoms with E-state index in [0.29, 0.717) is 6.04 Å². The van der Waals surface area contributed by atoms with E-state index in [1.54, 1.807) is 17.5 Å². The quantitative estimate of drug-likeness (QED) is 0.812. The Balaban J connectivity index is 1.76. The van der Waals surface area contributed by atoms with Gasteiger partial charge in [0.1, 0.15) is 5.82 Å². The number of aromatic amines is 1. The van der Waals surface area contributed by atoms with Crippen LogP contribution in [-0.2, 0) is 13.0 Å². The Bertz CT molecular complexity index is 366. The Morgan fingerprint density at radius 3 is 3.20 bits per heavy atom. The lowest BCUT2D eigenvalue weighted by atomic mass is 10.1. The Hall–Kier alpha value is -1.13. The van der Waals surface area contributed by atoms with Crippen molar-refractivity contribution < 1.29 is 0 Å². The zero-order valence-electron chi connectivity index (χ0n) is 8.73. The number of aromatic nitrogens is 2. The maximum Gasteiger partial charge on any atom is 0.120 e. The largest absolute Gasteiger partial charge is 0.348 e. The molecule has 0 amide bonds. The Morgan fingerprint density at radius 1 is 1.60 bits per heavy atom. The third-order valence-electron chi connectivity index (χ3n) is 2.29. The van der Waals surface area contributed by atoms with Gasteiger partial charge < -0.3 is 10.3 Å². The van der Waals surface area contributed by atoms with Crippen LogP contribution in [-0.4, -0.2) is 16.0 Å². The average molecular weight is 221 g/mol. The maximum absolute atomic E-state index is 4.17. The smallest absolute Gasteiger partial charge is 0.120 e. The van der Waals surface area contributed by atoms with Crippen LogP contribution in [0.5, 0.6) is 0 Å². The van der Waals surface area contributed by atoms with E-state index in [1.165, 1.54) is 5.56 Å². The van der Waals surface area contributed by atoms with E-state index in [4.69, 9.17) is 0 Å². The molecule has 15 heavy (non-hydrogen) atoms. The number of hydrogen-bond acceptors (Lipinski definition) is 3. The lowest BCUT2D eigenvalue weighted by molar-refractivity contribution is 0.536. The first-order valence-electron chi connectivity index (χ1n) is 5.07. The van der Waals surface area contributed by atoms with Crippen molar-refractivity contribution in [2.24, 2.45) is 0 Å². The summed E-state index contributed by atoms with van der Waals surface area (Å²) in [5.41, 5.74) is 1.40. The van der Waals surface area contributed by atoms with Crippen molar-refractivity contribution in [2.75, 3.05) is 0 Å². The number of nitrogens with zero attached hydrogens (tertiary/aromatic N) is 1. The molecule has 0 radical (unpaired) electrons. The second-order valence-corrected chi connectivity index (χ2v) is 4.43. The maximum atomic E-state index is 4.17. The van der Waals surface area contributed by atoms with E-state index in [2.05, 4.69) is 39.0 Å². The van der Waals surface area contributed by atoms with Crippen LogP contribution in [0.3, 0.4) is 0 Å². The monoisotopic (exact) mass is 221 g/mol. The normalized spacial score (nSPS) is 12.9. The molecule has 0 aromatic carbocycles. The Labute approximate surface area is 93.6 Å². The molecule has 0 aliphatic heterocycles. The molecule has 2 N–H and O–H groups in total. The molecular formula is C11H15N3S. The molecule has 2 rings (SSSR count). The van der Waals surface area contributed by atoms with Gasteiger partial charge in [-0.25, -0.2) is 4.98 Å². The van der Waals surface area contributed by atoms with Gasteiger partial charge in [-0.1, -0.05) is 0 Å². The lowest BCUT2D eigenvalue weighted by Gasteiger charge is -2.11. The van der Waals surface area contributed by atoms with Gasteiger partial charge in [0.2, 0.25) is 0 Å². The zero-order valence-corrected chi connectivity index (χ0v) is 9.55. The minimum absolute atomic E-state index is 0.477. The summed E-state index contributed by atoms with van der Waals surface area (Å²) in [4.78, 5) is 7.25. The molecule has 80 valence electrons.